The van der Waals surface area contributed by atoms with Gasteiger partial charge in [0, 0.05) is 18.2 Å². The van der Waals surface area contributed by atoms with E-state index in [2.05, 4.69) is 10.4 Å². The van der Waals surface area contributed by atoms with E-state index in [0.717, 1.165) is 24.2 Å². The maximum Gasteiger partial charge on any atom is 0.249 e. The van der Waals surface area contributed by atoms with Crippen molar-refractivity contribution < 1.29 is 14.3 Å². The van der Waals surface area contributed by atoms with E-state index in [-0.39, 0.29) is 5.91 Å². The molecule has 1 fully saturated rings. The number of amides is 1. The fourth-order valence-corrected chi connectivity index (χ4v) is 3.30. The van der Waals surface area contributed by atoms with E-state index in [1.54, 1.807) is 32.6 Å². The molecule has 6 nitrogen and oxygen atoms in total. The topological polar surface area (TPSA) is 65.4 Å². The fourth-order valence-electron chi connectivity index (χ4n) is 3.30. The number of carbonyl (C=O) groups excluding carboxylic acids is 1. The van der Waals surface area contributed by atoms with Gasteiger partial charge in [-0.2, -0.15) is 5.10 Å². The normalized spacial score (nSPS) is 15.2. The van der Waals surface area contributed by atoms with E-state index in [9.17, 15) is 4.79 Å². The number of methoxy groups -OCH3 is 2. The van der Waals surface area contributed by atoms with Crippen molar-refractivity contribution in [3.63, 3.8) is 0 Å². The number of hydrogen-bond donors (Lipinski definition) is 1. The van der Waals surface area contributed by atoms with Crippen molar-refractivity contribution in [2.45, 2.75) is 38.1 Å². The summed E-state index contributed by atoms with van der Waals surface area (Å²) in [5.74, 6) is 1.92. The predicted molar refractivity (Wildman–Crippen MR) is 102 cm³/mol. The highest BCUT2D eigenvalue weighted by Gasteiger charge is 2.18. The predicted octanol–water partition coefficient (Wildman–Crippen LogP) is 4.06. The fraction of sp³-hybridized carbons (Fsp3) is 0.400. The maximum atomic E-state index is 12.3. The van der Waals surface area contributed by atoms with Crippen molar-refractivity contribution in [1.82, 2.24) is 9.78 Å². The number of aromatic nitrogens is 2. The first kappa shape index (κ1) is 18.0. The Morgan fingerprint density at radius 3 is 2.50 bits per heavy atom. The third-order valence-electron chi connectivity index (χ3n) is 4.64. The molecule has 2 aromatic rings. The zero-order valence-electron chi connectivity index (χ0n) is 15.3. The minimum absolute atomic E-state index is 0.190. The van der Waals surface area contributed by atoms with Gasteiger partial charge in [-0.3, -0.25) is 4.79 Å². The molecule has 0 unspecified atom stereocenters. The Labute approximate surface area is 153 Å². The number of carbonyl (C=O) groups is 1. The molecule has 0 aliphatic heterocycles. The van der Waals surface area contributed by atoms with E-state index in [1.165, 1.54) is 25.3 Å². The molecule has 1 amide bonds. The summed E-state index contributed by atoms with van der Waals surface area (Å²) in [5, 5.41) is 7.33. The van der Waals surface area contributed by atoms with Gasteiger partial charge in [0.05, 0.1) is 26.5 Å². The van der Waals surface area contributed by atoms with Crippen molar-refractivity contribution in [1.29, 1.82) is 0 Å². The van der Waals surface area contributed by atoms with Crippen LogP contribution in [-0.2, 0) is 4.79 Å². The monoisotopic (exact) mass is 355 g/mol. The molecule has 0 atom stereocenters. The van der Waals surface area contributed by atoms with Crippen LogP contribution < -0.4 is 14.8 Å². The van der Waals surface area contributed by atoms with Gasteiger partial charge in [-0.05, 0) is 36.6 Å². The van der Waals surface area contributed by atoms with Gasteiger partial charge in [-0.1, -0.05) is 19.3 Å². The Balaban J connectivity index is 1.68. The molecule has 1 aliphatic carbocycles. The first-order valence-corrected chi connectivity index (χ1v) is 8.95. The molecular weight excluding hydrogens is 330 g/mol. The Kier molecular flexibility index (Phi) is 5.94. The molecule has 0 bridgehead atoms. The number of benzene rings is 1. The second-order valence-corrected chi connectivity index (χ2v) is 6.42. The van der Waals surface area contributed by atoms with Gasteiger partial charge in [0.15, 0.2) is 0 Å². The van der Waals surface area contributed by atoms with Crippen LogP contribution in [0.2, 0.25) is 0 Å². The van der Waals surface area contributed by atoms with Gasteiger partial charge < -0.3 is 14.8 Å². The number of ether oxygens (including phenoxy) is 2. The van der Waals surface area contributed by atoms with Crippen LogP contribution in [-0.4, -0.2) is 29.9 Å². The Morgan fingerprint density at radius 1 is 1.15 bits per heavy atom. The van der Waals surface area contributed by atoms with E-state index >= 15 is 0 Å². The molecule has 26 heavy (non-hydrogen) atoms. The van der Waals surface area contributed by atoms with Gasteiger partial charge in [0.1, 0.15) is 17.3 Å². The molecule has 1 saturated carbocycles. The quantitative estimate of drug-likeness (QED) is 0.794. The number of hydrogen-bond acceptors (Lipinski definition) is 4. The lowest BCUT2D eigenvalue weighted by molar-refractivity contribution is -0.111. The lowest BCUT2D eigenvalue weighted by Crippen LogP contribution is -2.19. The zero-order chi connectivity index (χ0) is 18.4. The van der Waals surface area contributed by atoms with E-state index in [4.69, 9.17) is 9.47 Å². The molecular formula is C20H25N3O3. The van der Waals surface area contributed by atoms with Crippen LogP contribution in [0, 0.1) is 0 Å². The van der Waals surface area contributed by atoms with Gasteiger partial charge in [0.25, 0.3) is 0 Å². The highest BCUT2D eigenvalue weighted by molar-refractivity contribution is 6.01. The van der Waals surface area contributed by atoms with Gasteiger partial charge in [0.2, 0.25) is 5.91 Å². The van der Waals surface area contributed by atoms with Crippen LogP contribution in [0.15, 0.2) is 36.5 Å². The van der Waals surface area contributed by atoms with Crippen LogP contribution >= 0.6 is 0 Å². The minimum Gasteiger partial charge on any atom is -0.497 e. The average molecular weight is 355 g/mol. The average Bonchev–Trinajstić information content (AvgIpc) is 3.14. The molecule has 3 rings (SSSR count). The Hall–Kier alpha value is -2.76. The zero-order valence-corrected chi connectivity index (χ0v) is 15.3. The third-order valence-corrected chi connectivity index (χ3v) is 4.64. The summed E-state index contributed by atoms with van der Waals surface area (Å²) in [6.07, 6.45) is 10.9. The molecule has 1 aliphatic rings. The summed E-state index contributed by atoms with van der Waals surface area (Å²) in [4.78, 5) is 12.3. The van der Waals surface area contributed by atoms with Crippen LogP contribution in [0.5, 0.6) is 11.5 Å². The molecule has 0 spiro atoms. The number of nitrogens with zero attached hydrogens (tertiary/aromatic N) is 2. The summed E-state index contributed by atoms with van der Waals surface area (Å²) in [6, 6.07) is 7.70. The number of anilines is 1. The lowest BCUT2D eigenvalue weighted by atomic mass is 9.96. The highest BCUT2D eigenvalue weighted by Crippen LogP contribution is 2.30. The van der Waals surface area contributed by atoms with Crippen LogP contribution in [0.1, 0.15) is 43.7 Å². The molecule has 1 aromatic heterocycles. The molecule has 1 heterocycles. The second kappa shape index (κ2) is 8.56. The molecule has 1 aromatic carbocycles. The molecule has 0 radical (unpaired) electrons. The van der Waals surface area contributed by atoms with Crippen LogP contribution in [0.25, 0.3) is 6.08 Å². The summed E-state index contributed by atoms with van der Waals surface area (Å²) in [5.41, 5.74) is 0.831. The summed E-state index contributed by atoms with van der Waals surface area (Å²) >= 11 is 0. The first-order chi connectivity index (χ1) is 12.7. The molecule has 0 saturated heterocycles. The van der Waals surface area contributed by atoms with E-state index < -0.39 is 0 Å². The highest BCUT2D eigenvalue weighted by atomic mass is 16.5. The Morgan fingerprint density at radius 2 is 1.85 bits per heavy atom. The number of rotatable bonds is 6. The van der Waals surface area contributed by atoms with Crippen molar-refractivity contribution in [2.75, 3.05) is 19.5 Å². The largest absolute Gasteiger partial charge is 0.497 e. The van der Waals surface area contributed by atoms with E-state index in [1.807, 2.05) is 22.9 Å². The van der Waals surface area contributed by atoms with Crippen LogP contribution in [0.4, 0.5) is 5.82 Å². The molecule has 1 N–H and O–H groups in total. The van der Waals surface area contributed by atoms with E-state index in [0.29, 0.717) is 17.5 Å². The van der Waals surface area contributed by atoms with Gasteiger partial charge in [-0.25, -0.2) is 4.68 Å². The van der Waals surface area contributed by atoms with Crippen molar-refractivity contribution >= 4 is 17.8 Å². The van der Waals surface area contributed by atoms with Crippen LogP contribution in [0.3, 0.4) is 0 Å². The van der Waals surface area contributed by atoms with Crippen molar-refractivity contribution in [3.8, 4) is 11.5 Å². The minimum atomic E-state index is -0.190. The summed E-state index contributed by atoms with van der Waals surface area (Å²) in [7, 11) is 3.20. The second-order valence-electron chi connectivity index (χ2n) is 6.42. The molecule has 6 heteroatoms. The SMILES string of the molecule is COc1cc(/C=C/C(=O)Nc2ccnn2C2CCCCC2)cc(OC)c1. The summed E-state index contributed by atoms with van der Waals surface area (Å²) < 4.78 is 12.4. The Bertz CT molecular complexity index is 754. The number of nitrogens with one attached hydrogen (secondary N) is 1. The van der Waals surface area contributed by atoms with Gasteiger partial charge >= 0.3 is 0 Å². The lowest BCUT2D eigenvalue weighted by Gasteiger charge is -2.23. The summed E-state index contributed by atoms with van der Waals surface area (Å²) in [6.45, 7) is 0. The smallest absolute Gasteiger partial charge is 0.249 e. The standard InChI is InChI=1S/C20H25N3O3/c1-25-17-12-15(13-18(14-17)26-2)8-9-20(24)22-19-10-11-21-23(19)16-6-4-3-5-7-16/h8-14,16H,3-7H2,1-2H3,(H,22,24)/b9-8+. The van der Waals surface area contributed by atoms with Crippen molar-refractivity contribution in [2.24, 2.45) is 0 Å². The maximum absolute atomic E-state index is 12.3. The first-order valence-electron chi connectivity index (χ1n) is 8.95. The third kappa shape index (κ3) is 4.45. The van der Waals surface area contributed by atoms with Crippen molar-refractivity contribution in [3.05, 3.63) is 42.1 Å². The van der Waals surface area contributed by atoms with Gasteiger partial charge in [-0.15, -0.1) is 0 Å². The molecule has 138 valence electrons.